The SMILES string of the molecule is COC(=O)/C=C1/C[C@H]2C[C@]3(O)O[C@H](C[C@@H](O)CC(=O)O[C@@H]([C@@H](C)O)CC4C/C(=C\C(=O)OC)[C@H](OC(C)=O)C(O4)C(C)(C)/C=C/[C@@H](C1)O2)C[C@H](OC(=O)CC(C)C)C3(C)C. The van der Waals surface area contributed by atoms with Crippen molar-refractivity contribution >= 4 is 29.8 Å². The van der Waals surface area contributed by atoms with E-state index < -0.39 is 114 Å². The van der Waals surface area contributed by atoms with Gasteiger partial charge in [-0.3, -0.25) is 14.4 Å². The van der Waals surface area contributed by atoms with Crippen molar-refractivity contribution in [2.45, 2.75) is 180 Å². The van der Waals surface area contributed by atoms with Crippen molar-refractivity contribution in [3.8, 4) is 0 Å². The van der Waals surface area contributed by atoms with E-state index in [0.29, 0.717) is 11.1 Å². The Bertz CT molecular complexity index is 1640. The second-order valence-corrected chi connectivity index (χ2v) is 18.2. The molecule has 0 spiro atoms. The number of methoxy groups -OCH3 is 2. The lowest BCUT2D eigenvalue weighted by Crippen LogP contribution is -2.62. The molecule has 16 nitrogen and oxygen atoms in total. The molecule has 0 aromatic carbocycles. The smallest absolute Gasteiger partial charge is 0.330 e. The van der Waals surface area contributed by atoms with Gasteiger partial charge >= 0.3 is 29.8 Å². The van der Waals surface area contributed by atoms with Crippen LogP contribution in [0.2, 0.25) is 0 Å². The summed E-state index contributed by atoms with van der Waals surface area (Å²) >= 11 is 0. The average molecular weight is 851 g/mol. The maximum atomic E-state index is 13.4. The van der Waals surface area contributed by atoms with Crippen molar-refractivity contribution in [1.29, 1.82) is 0 Å². The van der Waals surface area contributed by atoms with Crippen LogP contribution in [0.25, 0.3) is 0 Å². The van der Waals surface area contributed by atoms with Gasteiger partial charge in [0, 0.05) is 56.6 Å². The summed E-state index contributed by atoms with van der Waals surface area (Å²) < 4.78 is 47.2. The fraction of sp³-hybridized carbons (Fsp3) is 0.750. The number of hydrogen-bond acceptors (Lipinski definition) is 16. The quantitative estimate of drug-likeness (QED) is 0.142. The highest BCUT2D eigenvalue weighted by Crippen LogP contribution is 2.49. The highest BCUT2D eigenvalue weighted by Gasteiger charge is 2.58. The molecule has 4 heterocycles. The first-order chi connectivity index (χ1) is 27.9. The minimum Gasteiger partial charge on any atom is -0.466 e. The third kappa shape index (κ3) is 12.9. The van der Waals surface area contributed by atoms with E-state index in [-0.39, 0.29) is 57.3 Å². The molecule has 338 valence electrons. The maximum Gasteiger partial charge on any atom is 0.330 e. The summed E-state index contributed by atoms with van der Waals surface area (Å²) in [5.74, 6) is -5.15. The van der Waals surface area contributed by atoms with E-state index in [1.165, 1.54) is 40.2 Å². The third-order valence-electron chi connectivity index (χ3n) is 11.8. The fourth-order valence-electron chi connectivity index (χ4n) is 8.44. The Morgan fingerprint density at radius 1 is 0.883 bits per heavy atom. The molecule has 6 bridgehead atoms. The van der Waals surface area contributed by atoms with Gasteiger partial charge in [-0.25, -0.2) is 9.59 Å². The van der Waals surface area contributed by atoms with Crippen molar-refractivity contribution in [1.82, 2.24) is 0 Å². The van der Waals surface area contributed by atoms with Gasteiger partial charge in [-0.2, -0.15) is 0 Å². The molecule has 3 saturated heterocycles. The molecule has 0 saturated carbocycles. The number of aliphatic hydroxyl groups excluding tert-OH is 2. The lowest BCUT2D eigenvalue weighted by molar-refractivity contribution is -0.349. The van der Waals surface area contributed by atoms with E-state index in [2.05, 4.69) is 0 Å². The van der Waals surface area contributed by atoms with Crippen LogP contribution in [-0.4, -0.2) is 126 Å². The van der Waals surface area contributed by atoms with Crippen LogP contribution < -0.4 is 0 Å². The van der Waals surface area contributed by atoms with Crippen molar-refractivity contribution in [2.75, 3.05) is 14.2 Å². The normalized spacial score (nSPS) is 36.0. The highest BCUT2D eigenvalue weighted by molar-refractivity contribution is 5.83. The molecule has 16 heteroatoms. The van der Waals surface area contributed by atoms with Gasteiger partial charge in [-0.1, -0.05) is 59.3 Å². The highest BCUT2D eigenvalue weighted by atomic mass is 16.6. The van der Waals surface area contributed by atoms with Crippen LogP contribution in [0, 0.1) is 16.7 Å². The molecule has 0 aromatic heterocycles. The Morgan fingerprint density at radius 3 is 2.17 bits per heavy atom. The number of aliphatic hydroxyl groups is 3. The molecule has 60 heavy (non-hydrogen) atoms. The zero-order chi connectivity index (χ0) is 44.7. The van der Waals surface area contributed by atoms with Gasteiger partial charge in [0.25, 0.3) is 0 Å². The Kier molecular flexibility index (Phi) is 16.7. The fourth-order valence-corrected chi connectivity index (χ4v) is 8.44. The zero-order valence-electron chi connectivity index (χ0n) is 36.7. The molecular weight excluding hydrogens is 784 g/mol. The summed E-state index contributed by atoms with van der Waals surface area (Å²) in [5, 5.41) is 34.7. The average Bonchev–Trinajstić information content (AvgIpc) is 3.12. The molecule has 2 unspecified atom stereocenters. The van der Waals surface area contributed by atoms with Crippen molar-refractivity contribution in [3.05, 3.63) is 35.5 Å². The summed E-state index contributed by atoms with van der Waals surface area (Å²) in [6.45, 7) is 13.6. The number of hydrogen-bond donors (Lipinski definition) is 3. The molecule has 0 amide bonds. The number of ether oxygens (including phenoxy) is 8. The van der Waals surface area contributed by atoms with Gasteiger partial charge < -0.3 is 53.2 Å². The molecule has 3 N–H and O–H groups in total. The van der Waals surface area contributed by atoms with E-state index in [0.717, 1.165) is 0 Å². The summed E-state index contributed by atoms with van der Waals surface area (Å²) in [7, 11) is 2.49. The van der Waals surface area contributed by atoms with E-state index >= 15 is 0 Å². The lowest BCUT2D eigenvalue weighted by Gasteiger charge is -2.53. The van der Waals surface area contributed by atoms with Crippen LogP contribution >= 0.6 is 0 Å². The second-order valence-electron chi connectivity index (χ2n) is 18.2. The van der Waals surface area contributed by atoms with Crippen molar-refractivity contribution in [3.63, 3.8) is 0 Å². The number of rotatable bonds is 7. The Balaban J connectivity index is 1.84. The Labute approximate surface area is 352 Å². The molecular formula is C44H66O16. The maximum absolute atomic E-state index is 13.4. The van der Waals surface area contributed by atoms with E-state index in [9.17, 15) is 39.3 Å². The minimum atomic E-state index is -2.01. The summed E-state index contributed by atoms with van der Waals surface area (Å²) in [4.78, 5) is 64.2. The predicted octanol–water partition coefficient (Wildman–Crippen LogP) is 4.09. The van der Waals surface area contributed by atoms with Crippen LogP contribution in [-0.2, 0) is 61.9 Å². The summed E-state index contributed by atoms with van der Waals surface area (Å²) in [6.07, 6.45) is -3.26. The number of carbonyl (C=O) groups excluding carboxylic acids is 5. The van der Waals surface area contributed by atoms with Crippen molar-refractivity contribution < 1.29 is 77.2 Å². The Hall–Kier alpha value is -3.67. The number of esters is 5. The summed E-state index contributed by atoms with van der Waals surface area (Å²) in [5.41, 5.74) is -1.11. The van der Waals surface area contributed by atoms with Crippen molar-refractivity contribution in [2.24, 2.45) is 16.7 Å². The van der Waals surface area contributed by atoms with Crippen LogP contribution in [0.1, 0.15) is 113 Å². The molecule has 0 radical (unpaired) electrons. The second kappa shape index (κ2) is 20.5. The third-order valence-corrected chi connectivity index (χ3v) is 11.8. The molecule has 11 atom stereocenters. The number of cyclic esters (lactones) is 1. The van der Waals surface area contributed by atoms with Crippen LogP contribution in [0.4, 0.5) is 0 Å². The largest absolute Gasteiger partial charge is 0.466 e. The van der Waals surface area contributed by atoms with Gasteiger partial charge in [0.05, 0.1) is 62.7 Å². The van der Waals surface area contributed by atoms with Crippen LogP contribution in [0.15, 0.2) is 35.5 Å². The molecule has 0 aliphatic carbocycles. The van der Waals surface area contributed by atoms with Gasteiger partial charge in [0.2, 0.25) is 0 Å². The predicted molar refractivity (Wildman–Crippen MR) is 213 cm³/mol. The first-order valence-corrected chi connectivity index (χ1v) is 20.8. The van der Waals surface area contributed by atoms with Gasteiger partial charge in [-0.05, 0) is 37.7 Å². The van der Waals surface area contributed by atoms with Gasteiger partial charge in [-0.15, -0.1) is 0 Å². The molecule has 4 aliphatic heterocycles. The van der Waals surface area contributed by atoms with Gasteiger partial charge in [0.15, 0.2) is 11.9 Å². The monoisotopic (exact) mass is 850 g/mol. The first kappa shape index (κ1) is 49.0. The van der Waals surface area contributed by atoms with E-state index in [1.54, 1.807) is 19.9 Å². The van der Waals surface area contributed by atoms with Crippen LogP contribution in [0.5, 0.6) is 0 Å². The summed E-state index contributed by atoms with van der Waals surface area (Å²) in [6, 6.07) is 0. The molecule has 0 aromatic rings. The Morgan fingerprint density at radius 2 is 1.55 bits per heavy atom. The molecule has 4 rings (SSSR count). The number of carbonyl (C=O) groups is 5. The van der Waals surface area contributed by atoms with E-state index in [1.807, 2.05) is 33.8 Å². The number of fused-ring (bicyclic) bond motifs is 6. The van der Waals surface area contributed by atoms with Crippen LogP contribution in [0.3, 0.4) is 0 Å². The standard InChI is InChI=1S/C44H66O16/c1-24(2)13-38(50)59-35-22-32-19-29(47)20-39(51)58-34(25(3)45)21-31-17-28(18-37(49)54-10)40(55-26(4)46)41(57-31)42(5,6)12-11-30-14-27(16-36(48)53-9)15-33(56-30)23-44(52,60-32)43(35,7)8/h11-12,16,18,24-25,29-35,40-41,45,47,52H,13-15,17,19-23H2,1-10H3/b12-11+,27-16+,28-18+/t25-,29-,30+,31?,32-,33+,34-,35+,40+,41?,44+/m1/s1. The van der Waals surface area contributed by atoms with Gasteiger partial charge in [0.1, 0.15) is 18.3 Å². The molecule has 3 fully saturated rings. The minimum absolute atomic E-state index is 0.0106. The first-order valence-electron chi connectivity index (χ1n) is 20.8. The molecule has 4 aliphatic rings. The van der Waals surface area contributed by atoms with E-state index in [4.69, 9.17) is 37.9 Å². The zero-order valence-corrected chi connectivity index (χ0v) is 36.7. The topological polar surface area (TPSA) is 220 Å². The lowest BCUT2D eigenvalue weighted by atomic mass is 9.70.